The van der Waals surface area contributed by atoms with Crippen LogP contribution in [-0.2, 0) is 0 Å². The largest absolute Gasteiger partial charge is 0.494 e. The Morgan fingerprint density at radius 2 is 1.79 bits per heavy atom. The van der Waals surface area contributed by atoms with Crippen molar-refractivity contribution in [1.82, 2.24) is 5.32 Å². The van der Waals surface area contributed by atoms with Gasteiger partial charge in [0.1, 0.15) is 5.75 Å². The summed E-state index contributed by atoms with van der Waals surface area (Å²) in [6.07, 6.45) is 8.43. The maximum atomic E-state index is 12.5. The molecular weight excluding hydrogens is 346 g/mol. The first-order chi connectivity index (χ1) is 13.8. The van der Waals surface area contributed by atoms with Gasteiger partial charge in [-0.2, -0.15) is 0 Å². The van der Waals surface area contributed by atoms with E-state index >= 15 is 0 Å². The van der Waals surface area contributed by atoms with Crippen molar-refractivity contribution in [2.75, 3.05) is 13.2 Å². The Bertz CT molecular complexity index is 711. The summed E-state index contributed by atoms with van der Waals surface area (Å²) in [7, 11) is 0. The van der Waals surface area contributed by atoms with Crippen LogP contribution < -0.4 is 10.1 Å². The standard InChI is InChI=1S/C25H33NO2/c1-2-3-4-8-18-28-23-16-14-21(15-17-23)25(27)26-19-22-12-9-13-24(22)20-10-6-5-7-11-20/h5-7,10-11,14-17,22,24H,2-4,8-9,12-13,18-19H2,1H3,(H,26,27)/t22-,24-/m0/s1. The van der Waals surface area contributed by atoms with Crippen LogP contribution in [0.4, 0.5) is 0 Å². The van der Waals surface area contributed by atoms with Crippen molar-refractivity contribution >= 4 is 5.91 Å². The van der Waals surface area contributed by atoms with Gasteiger partial charge in [0.2, 0.25) is 0 Å². The molecule has 2 aromatic carbocycles. The summed E-state index contributed by atoms with van der Waals surface area (Å²) in [6, 6.07) is 18.2. The molecular formula is C25H33NO2. The number of hydrogen-bond acceptors (Lipinski definition) is 2. The van der Waals surface area contributed by atoms with Crippen molar-refractivity contribution in [3.8, 4) is 5.75 Å². The number of ether oxygens (including phenoxy) is 1. The van der Waals surface area contributed by atoms with Crippen LogP contribution in [0.2, 0.25) is 0 Å². The quantitative estimate of drug-likeness (QED) is 0.517. The number of unbranched alkanes of at least 4 members (excludes halogenated alkanes) is 3. The third-order valence-electron chi connectivity index (χ3n) is 5.79. The van der Waals surface area contributed by atoms with Crippen molar-refractivity contribution in [3.63, 3.8) is 0 Å². The molecule has 1 saturated carbocycles. The van der Waals surface area contributed by atoms with Crippen molar-refractivity contribution < 1.29 is 9.53 Å². The van der Waals surface area contributed by atoms with E-state index in [-0.39, 0.29) is 5.91 Å². The second-order valence-corrected chi connectivity index (χ2v) is 7.85. The maximum Gasteiger partial charge on any atom is 0.251 e. The molecule has 1 aliphatic rings. The minimum absolute atomic E-state index is 0.00760. The number of rotatable bonds is 10. The van der Waals surface area contributed by atoms with Crippen LogP contribution in [0.5, 0.6) is 5.75 Å². The van der Waals surface area contributed by atoms with Crippen LogP contribution in [0.3, 0.4) is 0 Å². The molecule has 0 spiro atoms. The summed E-state index contributed by atoms with van der Waals surface area (Å²) in [6.45, 7) is 3.70. The number of amides is 1. The Morgan fingerprint density at radius 1 is 1.00 bits per heavy atom. The third-order valence-corrected chi connectivity index (χ3v) is 5.79. The van der Waals surface area contributed by atoms with E-state index in [1.807, 2.05) is 24.3 Å². The Kier molecular flexibility index (Phi) is 7.95. The van der Waals surface area contributed by atoms with Crippen LogP contribution in [-0.4, -0.2) is 19.1 Å². The van der Waals surface area contributed by atoms with Crippen LogP contribution in [0.1, 0.15) is 73.7 Å². The van der Waals surface area contributed by atoms with E-state index in [0.717, 1.165) is 25.3 Å². The predicted molar refractivity (Wildman–Crippen MR) is 115 cm³/mol. The molecule has 0 aromatic heterocycles. The molecule has 28 heavy (non-hydrogen) atoms. The highest BCUT2D eigenvalue weighted by Gasteiger charge is 2.28. The van der Waals surface area contributed by atoms with Gasteiger partial charge in [0.05, 0.1) is 6.61 Å². The highest BCUT2D eigenvalue weighted by molar-refractivity contribution is 5.94. The molecule has 1 aliphatic carbocycles. The summed E-state index contributed by atoms with van der Waals surface area (Å²) < 4.78 is 5.76. The summed E-state index contributed by atoms with van der Waals surface area (Å²) in [5, 5.41) is 3.15. The molecule has 0 heterocycles. The molecule has 0 saturated heterocycles. The van der Waals surface area contributed by atoms with Gasteiger partial charge in [0, 0.05) is 12.1 Å². The fourth-order valence-electron chi connectivity index (χ4n) is 4.17. The fourth-order valence-corrected chi connectivity index (χ4v) is 4.17. The lowest BCUT2D eigenvalue weighted by Crippen LogP contribution is -2.30. The SMILES string of the molecule is CCCCCCOc1ccc(C(=O)NC[C@@H]2CCC[C@H]2c2ccccc2)cc1. The van der Waals surface area contributed by atoms with Gasteiger partial charge in [-0.25, -0.2) is 0 Å². The van der Waals surface area contributed by atoms with Crippen molar-refractivity contribution in [2.45, 2.75) is 57.8 Å². The Hall–Kier alpha value is -2.29. The Balaban J connectivity index is 1.45. The molecule has 2 atom stereocenters. The molecule has 150 valence electrons. The summed E-state index contributed by atoms with van der Waals surface area (Å²) in [4.78, 5) is 12.5. The monoisotopic (exact) mass is 379 g/mol. The van der Waals surface area contributed by atoms with Crippen LogP contribution in [0, 0.1) is 5.92 Å². The number of nitrogens with one attached hydrogen (secondary N) is 1. The first-order valence-corrected chi connectivity index (χ1v) is 10.8. The topological polar surface area (TPSA) is 38.3 Å². The van der Waals surface area contributed by atoms with Crippen LogP contribution in [0.25, 0.3) is 0 Å². The number of hydrogen-bond donors (Lipinski definition) is 1. The second kappa shape index (κ2) is 10.9. The van der Waals surface area contributed by atoms with Gasteiger partial charge in [0.15, 0.2) is 0 Å². The Morgan fingerprint density at radius 3 is 2.54 bits per heavy atom. The first kappa shape index (κ1) is 20.4. The van der Waals surface area contributed by atoms with Gasteiger partial charge in [0.25, 0.3) is 5.91 Å². The molecule has 3 rings (SSSR count). The molecule has 1 N–H and O–H groups in total. The van der Waals surface area contributed by atoms with Crippen molar-refractivity contribution in [3.05, 3.63) is 65.7 Å². The fraction of sp³-hybridized carbons (Fsp3) is 0.480. The van der Waals surface area contributed by atoms with Gasteiger partial charge in [-0.1, -0.05) is 62.9 Å². The highest BCUT2D eigenvalue weighted by Crippen LogP contribution is 2.39. The minimum atomic E-state index is 0.00760. The Labute approximate surface area is 169 Å². The van der Waals surface area contributed by atoms with E-state index in [0.29, 0.717) is 17.4 Å². The smallest absolute Gasteiger partial charge is 0.251 e. The van der Waals surface area contributed by atoms with E-state index in [2.05, 4.69) is 42.6 Å². The average Bonchev–Trinajstić information content (AvgIpc) is 3.21. The van der Waals surface area contributed by atoms with Crippen molar-refractivity contribution in [1.29, 1.82) is 0 Å². The van der Waals surface area contributed by atoms with E-state index in [4.69, 9.17) is 4.74 Å². The average molecular weight is 380 g/mol. The lowest BCUT2D eigenvalue weighted by atomic mass is 9.89. The lowest BCUT2D eigenvalue weighted by molar-refractivity contribution is 0.0946. The van der Waals surface area contributed by atoms with E-state index in [1.165, 1.54) is 44.1 Å². The summed E-state index contributed by atoms with van der Waals surface area (Å²) in [5.41, 5.74) is 2.10. The van der Waals surface area contributed by atoms with E-state index in [9.17, 15) is 4.79 Å². The molecule has 1 amide bonds. The molecule has 3 nitrogen and oxygen atoms in total. The van der Waals surface area contributed by atoms with Gasteiger partial charge >= 0.3 is 0 Å². The highest BCUT2D eigenvalue weighted by atomic mass is 16.5. The number of benzene rings is 2. The van der Waals surface area contributed by atoms with E-state index in [1.54, 1.807) is 0 Å². The molecule has 1 fully saturated rings. The number of carbonyl (C=O) groups is 1. The molecule has 0 bridgehead atoms. The second-order valence-electron chi connectivity index (χ2n) is 7.85. The summed E-state index contributed by atoms with van der Waals surface area (Å²) >= 11 is 0. The molecule has 0 radical (unpaired) electrons. The zero-order chi connectivity index (χ0) is 19.6. The number of carbonyl (C=O) groups excluding carboxylic acids is 1. The van der Waals surface area contributed by atoms with Gasteiger partial charge < -0.3 is 10.1 Å². The predicted octanol–water partition coefficient (Wildman–Crippen LogP) is 5.96. The minimum Gasteiger partial charge on any atom is -0.494 e. The van der Waals surface area contributed by atoms with Crippen LogP contribution in [0.15, 0.2) is 54.6 Å². The normalized spacial score (nSPS) is 18.8. The lowest BCUT2D eigenvalue weighted by Gasteiger charge is -2.20. The zero-order valence-corrected chi connectivity index (χ0v) is 17.0. The van der Waals surface area contributed by atoms with E-state index < -0.39 is 0 Å². The first-order valence-electron chi connectivity index (χ1n) is 10.8. The summed E-state index contributed by atoms with van der Waals surface area (Å²) in [5.74, 6) is 1.93. The van der Waals surface area contributed by atoms with Gasteiger partial charge in [-0.3, -0.25) is 4.79 Å². The zero-order valence-electron chi connectivity index (χ0n) is 17.0. The maximum absolute atomic E-state index is 12.5. The van der Waals surface area contributed by atoms with Gasteiger partial charge in [-0.15, -0.1) is 0 Å². The molecule has 2 aromatic rings. The molecule has 0 unspecified atom stereocenters. The third kappa shape index (κ3) is 5.85. The van der Waals surface area contributed by atoms with Crippen molar-refractivity contribution in [2.24, 2.45) is 5.92 Å². The molecule has 0 aliphatic heterocycles. The van der Waals surface area contributed by atoms with Crippen LogP contribution >= 0.6 is 0 Å². The molecule has 3 heteroatoms. The van der Waals surface area contributed by atoms with Gasteiger partial charge in [-0.05, 0) is 60.9 Å².